The molecule has 13 heavy (non-hydrogen) atoms. The average molecular weight is 261 g/mol. The van der Waals surface area contributed by atoms with Crippen LogP contribution in [0.3, 0.4) is 0 Å². The number of nitrogens with one attached hydrogen (secondary N) is 1. The van der Waals surface area contributed by atoms with Gasteiger partial charge in [-0.3, -0.25) is 0 Å². The summed E-state index contributed by atoms with van der Waals surface area (Å²) in [6.07, 6.45) is 2.09. The normalized spacial score (nSPS) is 10.0. The van der Waals surface area contributed by atoms with Crippen LogP contribution in [0.25, 0.3) is 0 Å². The van der Waals surface area contributed by atoms with Crippen LogP contribution in [0, 0.1) is 0 Å². The van der Waals surface area contributed by atoms with Crippen LogP contribution in [0.1, 0.15) is 0 Å². The van der Waals surface area contributed by atoms with Crippen molar-refractivity contribution in [2.45, 2.75) is 0 Å². The molecule has 0 saturated heterocycles. The SMILES string of the molecule is CSCCNc1cc(Br)ccc1N. The van der Waals surface area contributed by atoms with Gasteiger partial charge in [-0.15, -0.1) is 0 Å². The zero-order valence-electron chi connectivity index (χ0n) is 7.51. The Balaban J connectivity index is 2.59. The van der Waals surface area contributed by atoms with Crippen LogP contribution in [0.5, 0.6) is 0 Å². The molecule has 0 heterocycles. The lowest BCUT2D eigenvalue weighted by molar-refractivity contribution is 1.23. The zero-order chi connectivity index (χ0) is 9.68. The first-order valence-corrected chi connectivity index (χ1v) is 6.20. The van der Waals surface area contributed by atoms with Gasteiger partial charge in [0, 0.05) is 16.8 Å². The Bertz CT molecular complexity index is 278. The summed E-state index contributed by atoms with van der Waals surface area (Å²) in [4.78, 5) is 0. The van der Waals surface area contributed by atoms with E-state index >= 15 is 0 Å². The minimum atomic E-state index is 0.796. The summed E-state index contributed by atoms with van der Waals surface area (Å²) < 4.78 is 1.05. The van der Waals surface area contributed by atoms with E-state index in [1.165, 1.54) is 0 Å². The maximum atomic E-state index is 5.78. The fraction of sp³-hybridized carbons (Fsp3) is 0.333. The summed E-state index contributed by atoms with van der Waals surface area (Å²) in [6.45, 7) is 0.946. The summed E-state index contributed by atoms with van der Waals surface area (Å²) >= 11 is 5.22. The lowest BCUT2D eigenvalue weighted by Crippen LogP contribution is -2.05. The number of rotatable bonds is 4. The van der Waals surface area contributed by atoms with E-state index in [2.05, 4.69) is 27.5 Å². The first-order valence-electron chi connectivity index (χ1n) is 4.02. The third kappa shape index (κ3) is 3.48. The van der Waals surface area contributed by atoms with Crippen LogP contribution < -0.4 is 11.1 Å². The van der Waals surface area contributed by atoms with Crippen LogP contribution in [-0.4, -0.2) is 18.6 Å². The Labute approximate surface area is 91.4 Å². The van der Waals surface area contributed by atoms with Gasteiger partial charge in [0.25, 0.3) is 0 Å². The topological polar surface area (TPSA) is 38.0 Å². The van der Waals surface area contributed by atoms with E-state index in [1.54, 1.807) is 0 Å². The number of thioether (sulfide) groups is 1. The standard InChI is InChI=1S/C9H13BrN2S/c1-13-5-4-12-9-6-7(10)2-3-8(9)11/h2-3,6,12H,4-5,11H2,1H3. The molecule has 2 nitrogen and oxygen atoms in total. The van der Waals surface area contributed by atoms with Gasteiger partial charge in [-0.1, -0.05) is 15.9 Å². The molecule has 0 atom stereocenters. The molecule has 0 spiro atoms. The number of halogens is 1. The second-order valence-electron chi connectivity index (χ2n) is 2.65. The van der Waals surface area contributed by atoms with Crippen molar-refractivity contribution in [3.8, 4) is 0 Å². The van der Waals surface area contributed by atoms with Gasteiger partial charge in [-0.25, -0.2) is 0 Å². The summed E-state index contributed by atoms with van der Waals surface area (Å²) in [6, 6.07) is 5.83. The van der Waals surface area contributed by atoms with E-state index in [0.29, 0.717) is 0 Å². The van der Waals surface area contributed by atoms with Crippen molar-refractivity contribution in [3.63, 3.8) is 0 Å². The predicted octanol–water partition coefficient (Wildman–Crippen LogP) is 2.81. The Morgan fingerprint density at radius 3 is 3.00 bits per heavy atom. The van der Waals surface area contributed by atoms with Crippen molar-refractivity contribution in [2.75, 3.05) is 29.6 Å². The van der Waals surface area contributed by atoms with Gasteiger partial charge in [0.1, 0.15) is 0 Å². The largest absolute Gasteiger partial charge is 0.397 e. The maximum absolute atomic E-state index is 5.78. The smallest absolute Gasteiger partial charge is 0.0585 e. The number of nitrogens with two attached hydrogens (primary N) is 1. The van der Waals surface area contributed by atoms with E-state index in [1.807, 2.05) is 30.0 Å². The third-order valence-corrected chi connectivity index (χ3v) is 2.74. The van der Waals surface area contributed by atoms with Crippen molar-refractivity contribution < 1.29 is 0 Å². The molecule has 0 bridgehead atoms. The van der Waals surface area contributed by atoms with E-state index < -0.39 is 0 Å². The van der Waals surface area contributed by atoms with Crippen LogP contribution in [0.15, 0.2) is 22.7 Å². The van der Waals surface area contributed by atoms with E-state index in [0.717, 1.165) is 28.1 Å². The highest BCUT2D eigenvalue weighted by molar-refractivity contribution is 9.10. The summed E-state index contributed by atoms with van der Waals surface area (Å²) in [5, 5.41) is 3.28. The molecule has 0 saturated carbocycles. The molecule has 0 unspecified atom stereocenters. The molecule has 1 aromatic carbocycles. The Hall–Kier alpha value is -0.350. The minimum Gasteiger partial charge on any atom is -0.397 e. The van der Waals surface area contributed by atoms with Crippen molar-refractivity contribution in [1.82, 2.24) is 0 Å². The average Bonchev–Trinajstić information content (AvgIpc) is 2.11. The van der Waals surface area contributed by atoms with Crippen molar-refractivity contribution >= 4 is 39.1 Å². The Kier molecular flexibility index (Phi) is 4.45. The highest BCUT2D eigenvalue weighted by Crippen LogP contribution is 2.22. The second-order valence-corrected chi connectivity index (χ2v) is 4.55. The quantitative estimate of drug-likeness (QED) is 0.646. The summed E-state index contributed by atoms with van der Waals surface area (Å²) in [5.74, 6) is 1.09. The summed E-state index contributed by atoms with van der Waals surface area (Å²) in [7, 11) is 0. The molecule has 0 radical (unpaired) electrons. The molecule has 3 N–H and O–H groups in total. The van der Waals surface area contributed by atoms with Crippen molar-refractivity contribution in [1.29, 1.82) is 0 Å². The molecular formula is C9H13BrN2S. The highest BCUT2D eigenvalue weighted by Gasteiger charge is 1.97. The monoisotopic (exact) mass is 260 g/mol. The number of benzene rings is 1. The fourth-order valence-electron chi connectivity index (χ4n) is 0.969. The third-order valence-electron chi connectivity index (χ3n) is 1.64. The van der Waals surface area contributed by atoms with Gasteiger partial charge in [-0.2, -0.15) is 11.8 Å². The molecule has 4 heteroatoms. The van der Waals surface area contributed by atoms with E-state index in [9.17, 15) is 0 Å². The molecule has 0 amide bonds. The highest BCUT2D eigenvalue weighted by atomic mass is 79.9. The lowest BCUT2D eigenvalue weighted by atomic mass is 10.3. The number of hydrogen-bond acceptors (Lipinski definition) is 3. The van der Waals surface area contributed by atoms with Crippen LogP contribution >= 0.6 is 27.7 Å². The summed E-state index contributed by atoms with van der Waals surface area (Å²) in [5.41, 5.74) is 7.58. The van der Waals surface area contributed by atoms with Crippen molar-refractivity contribution in [2.24, 2.45) is 0 Å². The van der Waals surface area contributed by atoms with Gasteiger partial charge < -0.3 is 11.1 Å². The van der Waals surface area contributed by atoms with Crippen LogP contribution in [0.4, 0.5) is 11.4 Å². The molecule has 0 aliphatic heterocycles. The zero-order valence-corrected chi connectivity index (χ0v) is 9.91. The van der Waals surface area contributed by atoms with Gasteiger partial charge in [0.2, 0.25) is 0 Å². The molecule has 72 valence electrons. The molecule has 0 fully saturated rings. The number of anilines is 2. The number of hydrogen-bond donors (Lipinski definition) is 2. The molecule has 1 rings (SSSR count). The van der Waals surface area contributed by atoms with E-state index in [-0.39, 0.29) is 0 Å². The lowest BCUT2D eigenvalue weighted by Gasteiger charge is -2.08. The van der Waals surface area contributed by atoms with Gasteiger partial charge in [0.15, 0.2) is 0 Å². The first-order chi connectivity index (χ1) is 6.24. The van der Waals surface area contributed by atoms with Gasteiger partial charge in [-0.05, 0) is 24.5 Å². The Morgan fingerprint density at radius 2 is 2.31 bits per heavy atom. The number of nitrogen functional groups attached to an aromatic ring is 1. The van der Waals surface area contributed by atoms with E-state index in [4.69, 9.17) is 5.73 Å². The minimum absolute atomic E-state index is 0.796. The molecule has 1 aromatic rings. The maximum Gasteiger partial charge on any atom is 0.0585 e. The fourth-order valence-corrected chi connectivity index (χ4v) is 1.64. The molecule has 0 aliphatic rings. The first kappa shape index (κ1) is 10.7. The molecular weight excluding hydrogens is 248 g/mol. The Morgan fingerprint density at radius 1 is 1.54 bits per heavy atom. The molecule has 0 aromatic heterocycles. The van der Waals surface area contributed by atoms with Crippen LogP contribution in [-0.2, 0) is 0 Å². The molecule has 0 aliphatic carbocycles. The van der Waals surface area contributed by atoms with Crippen LogP contribution in [0.2, 0.25) is 0 Å². The van der Waals surface area contributed by atoms with Gasteiger partial charge >= 0.3 is 0 Å². The van der Waals surface area contributed by atoms with Crippen molar-refractivity contribution in [3.05, 3.63) is 22.7 Å². The predicted molar refractivity (Wildman–Crippen MR) is 65.4 cm³/mol. The second kappa shape index (κ2) is 5.40. The van der Waals surface area contributed by atoms with Gasteiger partial charge in [0.05, 0.1) is 11.4 Å².